The van der Waals surface area contributed by atoms with Crippen LogP contribution in [0.15, 0.2) is 36.5 Å². The van der Waals surface area contributed by atoms with E-state index >= 15 is 0 Å². The molecular weight excluding hydrogens is 276 g/mol. The number of rotatable bonds is 5. The number of fused-ring (bicyclic) bond motifs is 3. The number of hydrogen-bond donors (Lipinski definition) is 0. The van der Waals surface area contributed by atoms with Crippen LogP contribution in [0.1, 0.15) is 37.2 Å². The van der Waals surface area contributed by atoms with E-state index in [1.807, 2.05) is 18.2 Å². The lowest BCUT2D eigenvalue weighted by atomic mass is 10.1. The lowest BCUT2D eigenvalue weighted by molar-refractivity contribution is 0.0493. The quantitative estimate of drug-likeness (QED) is 0.524. The number of benzene rings is 1. The Kier molecular flexibility index (Phi) is 4.09. The number of hydrogen-bond acceptors (Lipinski definition) is 3. The zero-order valence-electron chi connectivity index (χ0n) is 13.0. The van der Waals surface area contributed by atoms with Crippen LogP contribution in [0.2, 0.25) is 0 Å². The minimum atomic E-state index is -0.344. The van der Waals surface area contributed by atoms with E-state index in [0.717, 1.165) is 35.7 Å². The van der Waals surface area contributed by atoms with Gasteiger partial charge in [0, 0.05) is 22.8 Å². The van der Waals surface area contributed by atoms with Gasteiger partial charge in [-0.2, -0.15) is 0 Å². The predicted molar refractivity (Wildman–Crippen MR) is 88.1 cm³/mol. The monoisotopic (exact) mass is 296 g/mol. The van der Waals surface area contributed by atoms with Crippen molar-refractivity contribution in [1.82, 2.24) is 9.55 Å². The molecule has 4 nitrogen and oxygen atoms in total. The van der Waals surface area contributed by atoms with Gasteiger partial charge in [-0.3, -0.25) is 0 Å². The van der Waals surface area contributed by atoms with E-state index in [9.17, 15) is 4.79 Å². The van der Waals surface area contributed by atoms with E-state index < -0.39 is 0 Å². The molecule has 0 spiro atoms. The summed E-state index contributed by atoms with van der Waals surface area (Å²) in [6.07, 6.45) is 3.65. The number of para-hydroxylation sites is 1. The summed E-state index contributed by atoms with van der Waals surface area (Å²) in [6.45, 7) is 5.49. The molecule has 0 fully saturated rings. The molecule has 3 rings (SSSR count). The lowest BCUT2D eigenvalue weighted by Crippen LogP contribution is -2.08. The van der Waals surface area contributed by atoms with Crippen LogP contribution in [-0.2, 0) is 11.3 Å². The number of unbranched alkanes of at least 4 members (excludes halogenated alkanes) is 1. The van der Waals surface area contributed by atoms with Crippen molar-refractivity contribution in [1.29, 1.82) is 0 Å². The third-order valence-corrected chi connectivity index (χ3v) is 3.92. The SMILES string of the molecule is CCCCOC(=O)c1cc2c3ccccc3n(CC)c2cn1. The third-order valence-electron chi connectivity index (χ3n) is 3.92. The van der Waals surface area contributed by atoms with Crippen molar-refractivity contribution in [3.63, 3.8) is 0 Å². The summed E-state index contributed by atoms with van der Waals surface area (Å²) in [5.41, 5.74) is 2.59. The van der Waals surface area contributed by atoms with E-state index in [4.69, 9.17) is 4.74 Å². The maximum absolute atomic E-state index is 12.1. The Labute approximate surface area is 129 Å². The average Bonchev–Trinajstić information content (AvgIpc) is 2.88. The normalized spacial score (nSPS) is 11.2. The molecule has 0 saturated heterocycles. The van der Waals surface area contributed by atoms with Crippen LogP contribution in [0.4, 0.5) is 0 Å². The van der Waals surface area contributed by atoms with Gasteiger partial charge >= 0.3 is 5.97 Å². The maximum atomic E-state index is 12.1. The minimum absolute atomic E-state index is 0.344. The molecule has 0 radical (unpaired) electrons. The fourth-order valence-electron chi connectivity index (χ4n) is 2.78. The minimum Gasteiger partial charge on any atom is -0.461 e. The second-order valence-electron chi connectivity index (χ2n) is 5.34. The van der Waals surface area contributed by atoms with Gasteiger partial charge in [0.15, 0.2) is 0 Å². The number of ether oxygens (including phenoxy) is 1. The van der Waals surface area contributed by atoms with Gasteiger partial charge in [0.1, 0.15) is 5.69 Å². The molecule has 22 heavy (non-hydrogen) atoms. The van der Waals surface area contributed by atoms with Crippen molar-refractivity contribution in [3.05, 3.63) is 42.2 Å². The van der Waals surface area contributed by atoms with Crippen molar-refractivity contribution in [2.24, 2.45) is 0 Å². The number of aryl methyl sites for hydroxylation is 1. The van der Waals surface area contributed by atoms with Crippen molar-refractivity contribution in [2.45, 2.75) is 33.2 Å². The van der Waals surface area contributed by atoms with Crippen molar-refractivity contribution in [2.75, 3.05) is 6.61 Å². The Morgan fingerprint density at radius 1 is 1.18 bits per heavy atom. The summed E-state index contributed by atoms with van der Waals surface area (Å²) in [5, 5.41) is 2.19. The number of pyridine rings is 1. The fraction of sp³-hybridized carbons (Fsp3) is 0.333. The van der Waals surface area contributed by atoms with E-state index in [1.54, 1.807) is 6.20 Å². The van der Waals surface area contributed by atoms with Gasteiger partial charge in [0.05, 0.1) is 18.3 Å². The van der Waals surface area contributed by atoms with Crippen LogP contribution < -0.4 is 0 Å². The Hall–Kier alpha value is -2.36. The zero-order chi connectivity index (χ0) is 15.5. The summed E-state index contributed by atoms with van der Waals surface area (Å²) < 4.78 is 7.47. The summed E-state index contributed by atoms with van der Waals surface area (Å²) in [7, 11) is 0. The molecule has 0 bridgehead atoms. The highest BCUT2D eigenvalue weighted by Crippen LogP contribution is 2.28. The fourth-order valence-corrected chi connectivity index (χ4v) is 2.78. The summed E-state index contributed by atoms with van der Waals surface area (Å²) >= 11 is 0. The van der Waals surface area contributed by atoms with Crippen LogP contribution in [0.3, 0.4) is 0 Å². The number of carbonyl (C=O) groups is 1. The second kappa shape index (κ2) is 6.18. The molecule has 0 aliphatic carbocycles. The van der Waals surface area contributed by atoms with E-state index in [0.29, 0.717) is 12.3 Å². The largest absolute Gasteiger partial charge is 0.461 e. The molecule has 2 heterocycles. The Bertz CT molecular complexity index is 820. The van der Waals surface area contributed by atoms with Gasteiger partial charge in [0.25, 0.3) is 0 Å². The zero-order valence-corrected chi connectivity index (χ0v) is 13.0. The highest BCUT2D eigenvalue weighted by Gasteiger charge is 2.14. The van der Waals surface area contributed by atoms with Gasteiger partial charge in [-0.15, -0.1) is 0 Å². The standard InChI is InChI=1S/C18H20N2O2/c1-3-5-10-22-18(21)15-11-14-13-8-6-7-9-16(13)20(4-2)17(14)12-19-15/h6-9,11-12H,3-5,10H2,1-2H3. The molecular formula is C18H20N2O2. The molecule has 114 valence electrons. The lowest BCUT2D eigenvalue weighted by Gasteiger charge is -2.04. The number of aromatic nitrogens is 2. The molecule has 4 heteroatoms. The number of nitrogens with zero attached hydrogens (tertiary/aromatic N) is 2. The summed E-state index contributed by atoms with van der Waals surface area (Å²) in [6, 6.07) is 10.1. The second-order valence-corrected chi connectivity index (χ2v) is 5.34. The first-order valence-corrected chi connectivity index (χ1v) is 7.80. The van der Waals surface area contributed by atoms with Crippen LogP contribution in [-0.4, -0.2) is 22.1 Å². The first-order chi connectivity index (χ1) is 10.8. The first kappa shape index (κ1) is 14.6. The molecule has 3 aromatic rings. The molecule has 2 aromatic heterocycles. The average molecular weight is 296 g/mol. The van der Waals surface area contributed by atoms with Gasteiger partial charge in [-0.1, -0.05) is 31.5 Å². The van der Waals surface area contributed by atoms with E-state index in [2.05, 4.69) is 35.5 Å². The van der Waals surface area contributed by atoms with E-state index in [-0.39, 0.29) is 5.97 Å². The molecule has 0 saturated carbocycles. The molecule has 0 aliphatic rings. The highest BCUT2D eigenvalue weighted by atomic mass is 16.5. The van der Waals surface area contributed by atoms with Crippen molar-refractivity contribution < 1.29 is 9.53 Å². The van der Waals surface area contributed by atoms with Gasteiger partial charge in [-0.25, -0.2) is 9.78 Å². The molecule has 0 amide bonds. The summed E-state index contributed by atoms with van der Waals surface area (Å²) in [5.74, 6) is -0.344. The first-order valence-electron chi connectivity index (χ1n) is 7.80. The van der Waals surface area contributed by atoms with Crippen molar-refractivity contribution >= 4 is 27.8 Å². The van der Waals surface area contributed by atoms with Crippen LogP contribution in [0.5, 0.6) is 0 Å². The predicted octanol–water partition coefficient (Wildman–Crippen LogP) is 4.17. The van der Waals surface area contributed by atoms with Crippen LogP contribution >= 0.6 is 0 Å². The number of esters is 1. The topological polar surface area (TPSA) is 44.1 Å². The molecule has 0 unspecified atom stereocenters. The molecule has 1 aromatic carbocycles. The Morgan fingerprint density at radius 2 is 2.00 bits per heavy atom. The number of carbonyl (C=O) groups excluding carboxylic acids is 1. The Morgan fingerprint density at radius 3 is 2.77 bits per heavy atom. The third kappa shape index (κ3) is 2.45. The van der Waals surface area contributed by atoms with E-state index in [1.165, 1.54) is 5.52 Å². The molecule has 0 aliphatic heterocycles. The molecule has 0 N–H and O–H groups in total. The highest BCUT2D eigenvalue weighted by molar-refractivity contribution is 6.09. The summed E-state index contributed by atoms with van der Waals surface area (Å²) in [4.78, 5) is 16.4. The van der Waals surface area contributed by atoms with Crippen molar-refractivity contribution in [3.8, 4) is 0 Å². The van der Waals surface area contributed by atoms with Gasteiger partial charge < -0.3 is 9.30 Å². The maximum Gasteiger partial charge on any atom is 0.356 e. The van der Waals surface area contributed by atoms with Gasteiger partial charge in [-0.05, 0) is 25.5 Å². The van der Waals surface area contributed by atoms with Crippen LogP contribution in [0, 0.1) is 0 Å². The molecule has 0 atom stereocenters. The smallest absolute Gasteiger partial charge is 0.356 e. The Balaban J connectivity index is 2.06. The van der Waals surface area contributed by atoms with Gasteiger partial charge in [0.2, 0.25) is 0 Å². The van der Waals surface area contributed by atoms with Crippen LogP contribution in [0.25, 0.3) is 21.8 Å².